The van der Waals surface area contributed by atoms with Crippen molar-refractivity contribution in [3.63, 3.8) is 0 Å². The highest BCUT2D eigenvalue weighted by molar-refractivity contribution is 5.43. The first kappa shape index (κ1) is 18.0. The van der Waals surface area contributed by atoms with E-state index in [-0.39, 0.29) is 0 Å². The molecule has 3 heteroatoms. The number of ether oxygens (including phenoxy) is 2. The summed E-state index contributed by atoms with van der Waals surface area (Å²) in [6.07, 6.45) is 2.32. The highest BCUT2D eigenvalue weighted by Crippen LogP contribution is 2.26. The van der Waals surface area contributed by atoms with E-state index in [4.69, 9.17) is 9.47 Å². The third-order valence-corrected chi connectivity index (χ3v) is 4.79. The van der Waals surface area contributed by atoms with Gasteiger partial charge in [-0.1, -0.05) is 42.5 Å². The Kier molecular flexibility index (Phi) is 6.48. The molecule has 1 aliphatic rings. The van der Waals surface area contributed by atoms with E-state index in [1.54, 1.807) is 0 Å². The van der Waals surface area contributed by atoms with Crippen LogP contribution in [0.5, 0.6) is 5.75 Å². The van der Waals surface area contributed by atoms with E-state index in [1.165, 1.54) is 28.7 Å². The summed E-state index contributed by atoms with van der Waals surface area (Å²) in [6, 6.07) is 14.9. The van der Waals surface area contributed by atoms with Gasteiger partial charge in [0.1, 0.15) is 12.4 Å². The van der Waals surface area contributed by atoms with Crippen molar-refractivity contribution in [3.05, 3.63) is 64.7 Å². The largest absolute Gasteiger partial charge is 0.488 e. The Morgan fingerprint density at radius 1 is 0.960 bits per heavy atom. The maximum absolute atomic E-state index is 6.09. The Morgan fingerprint density at radius 2 is 1.64 bits per heavy atom. The molecule has 0 aromatic heterocycles. The molecule has 0 unspecified atom stereocenters. The molecule has 134 valence electrons. The van der Waals surface area contributed by atoms with Gasteiger partial charge in [0, 0.05) is 13.1 Å². The molecule has 1 fully saturated rings. The number of nitrogens with zero attached hydrogens (tertiary/aromatic N) is 1. The van der Waals surface area contributed by atoms with E-state index in [2.05, 4.69) is 55.1 Å². The average molecular weight is 339 g/mol. The summed E-state index contributed by atoms with van der Waals surface area (Å²) >= 11 is 0. The van der Waals surface area contributed by atoms with Crippen molar-refractivity contribution < 1.29 is 9.47 Å². The van der Waals surface area contributed by atoms with E-state index < -0.39 is 0 Å². The minimum absolute atomic E-state index is 0.624. The molecule has 1 aliphatic heterocycles. The second-order valence-corrected chi connectivity index (χ2v) is 6.89. The SMILES string of the molecule is Cc1cc(CCCN2CCOCC2)cc(C)c1OCc1ccccc1. The number of rotatable bonds is 7. The second-order valence-electron chi connectivity index (χ2n) is 6.89. The Bertz CT molecular complexity index is 640. The molecule has 2 aromatic carbocycles. The lowest BCUT2D eigenvalue weighted by Crippen LogP contribution is -2.36. The van der Waals surface area contributed by atoms with Crippen molar-refractivity contribution in [2.45, 2.75) is 33.3 Å². The van der Waals surface area contributed by atoms with Gasteiger partial charge in [-0.05, 0) is 55.5 Å². The van der Waals surface area contributed by atoms with Gasteiger partial charge in [-0.25, -0.2) is 0 Å². The minimum Gasteiger partial charge on any atom is -0.488 e. The number of aryl methyl sites for hydroxylation is 3. The molecule has 0 N–H and O–H groups in total. The zero-order chi connectivity index (χ0) is 17.5. The van der Waals surface area contributed by atoms with Crippen molar-refractivity contribution in [2.75, 3.05) is 32.8 Å². The Morgan fingerprint density at radius 3 is 2.32 bits per heavy atom. The third kappa shape index (κ3) is 5.32. The van der Waals surface area contributed by atoms with E-state index in [0.29, 0.717) is 6.61 Å². The zero-order valence-corrected chi connectivity index (χ0v) is 15.5. The predicted molar refractivity (Wildman–Crippen MR) is 102 cm³/mol. The standard InChI is InChI=1S/C22H29NO2/c1-18-15-21(9-6-10-23-11-13-24-14-12-23)16-19(2)22(18)25-17-20-7-4-3-5-8-20/h3-5,7-8,15-16H,6,9-14,17H2,1-2H3. The molecule has 0 amide bonds. The van der Waals surface area contributed by atoms with Gasteiger partial charge in [-0.2, -0.15) is 0 Å². The predicted octanol–water partition coefficient (Wildman–Crippen LogP) is 4.15. The lowest BCUT2D eigenvalue weighted by molar-refractivity contribution is 0.0374. The fourth-order valence-electron chi connectivity index (χ4n) is 3.47. The van der Waals surface area contributed by atoms with Crippen LogP contribution in [0.2, 0.25) is 0 Å². The van der Waals surface area contributed by atoms with Gasteiger partial charge < -0.3 is 9.47 Å². The third-order valence-electron chi connectivity index (χ3n) is 4.79. The van der Waals surface area contributed by atoms with Crippen molar-refractivity contribution >= 4 is 0 Å². The fourth-order valence-corrected chi connectivity index (χ4v) is 3.47. The molecule has 2 aromatic rings. The van der Waals surface area contributed by atoms with E-state index >= 15 is 0 Å². The summed E-state index contributed by atoms with van der Waals surface area (Å²) in [4.78, 5) is 2.50. The Balaban J connectivity index is 1.54. The molecule has 25 heavy (non-hydrogen) atoms. The van der Waals surface area contributed by atoms with Gasteiger partial charge in [-0.15, -0.1) is 0 Å². The van der Waals surface area contributed by atoms with E-state index in [9.17, 15) is 0 Å². The summed E-state index contributed by atoms with van der Waals surface area (Å²) < 4.78 is 11.5. The van der Waals surface area contributed by atoms with Crippen molar-refractivity contribution in [2.24, 2.45) is 0 Å². The summed E-state index contributed by atoms with van der Waals surface area (Å²) in [6.45, 7) is 10.00. The van der Waals surface area contributed by atoms with Crippen molar-refractivity contribution in [3.8, 4) is 5.75 Å². The summed E-state index contributed by atoms with van der Waals surface area (Å²) in [5.74, 6) is 1.03. The van der Waals surface area contributed by atoms with Crippen LogP contribution in [0.15, 0.2) is 42.5 Å². The highest BCUT2D eigenvalue weighted by atomic mass is 16.5. The molecule has 0 atom stereocenters. The topological polar surface area (TPSA) is 21.7 Å². The van der Waals surface area contributed by atoms with Gasteiger partial charge in [0.2, 0.25) is 0 Å². The maximum atomic E-state index is 6.09. The van der Waals surface area contributed by atoms with Gasteiger partial charge in [0.25, 0.3) is 0 Å². The van der Waals surface area contributed by atoms with E-state index in [0.717, 1.165) is 45.0 Å². The van der Waals surface area contributed by atoms with Crippen LogP contribution in [-0.4, -0.2) is 37.7 Å². The number of morpholine rings is 1. The normalized spacial score (nSPS) is 15.3. The molecule has 3 nitrogen and oxygen atoms in total. The molecule has 0 bridgehead atoms. The van der Waals surface area contributed by atoms with Crippen LogP contribution in [0.3, 0.4) is 0 Å². The Labute approximate surface area is 151 Å². The van der Waals surface area contributed by atoms with Gasteiger partial charge in [0.05, 0.1) is 13.2 Å². The lowest BCUT2D eigenvalue weighted by Gasteiger charge is -2.26. The van der Waals surface area contributed by atoms with Crippen molar-refractivity contribution in [1.82, 2.24) is 4.90 Å². The van der Waals surface area contributed by atoms with Crippen LogP contribution >= 0.6 is 0 Å². The van der Waals surface area contributed by atoms with E-state index in [1.807, 2.05) is 6.07 Å². The lowest BCUT2D eigenvalue weighted by atomic mass is 10.0. The molecule has 1 saturated heterocycles. The summed E-state index contributed by atoms with van der Waals surface area (Å²) in [7, 11) is 0. The molecule has 0 aliphatic carbocycles. The number of hydrogen-bond donors (Lipinski definition) is 0. The zero-order valence-electron chi connectivity index (χ0n) is 15.5. The van der Waals surface area contributed by atoms with Crippen LogP contribution in [0.4, 0.5) is 0 Å². The van der Waals surface area contributed by atoms with Gasteiger partial charge in [0.15, 0.2) is 0 Å². The number of hydrogen-bond acceptors (Lipinski definition) is 3. The van der Waals surface area contributed by atoms with Crippen LogP contribution in [0.1, 0.15) is 28.7 Å². The summed E-state index contributed by atoms with van der Waals surface area (Å²) in [5.41, 5.74) is 5.08. The average Bonchev–Trinajstić information content (AvgIpc) is 2.63. The van der Waals surface area contributed by atoms with Gasteiger partial charge >= 0.3 is 0 Å². The molecular formula is C22H29NO2. The first-order chi connectivity index (χ1) is 12.2. The molecule has 0 spiro atoms. The smallest absolute Gasteiger partial charge is 0.125 e. The first-order valence-corrected chi connectivity index (χ1v) is 9.29. The molecule has 3 rings (SSSR count). The quantitative estimate of drug-likeness (QED) is 0.756. The van der Waals surface area contributed by atoms with Crippen LogP contribution in [-0.2, 0) is 17.8 Å². The maximum Gasteiger partial charge on any atom is 0.125 e. The van der Waals surface area contributed by atoms with Crippen LogP contribution < -0.4 is 4.74 Å². The second kappa shape index (κ2) is 9.02. The highest BCUT2D eigenvalue weighted by Gasteiger charge is 2.11. The molecule has 0 saturated carbocycles. The first-order valence-electron chi connectivity index (χ1n) is 9.29. The summed E-state index contributed by atoms with van der Waals surface area (Å²) in [5, 5.41) is 0. The number of benzene rings is 2. The molecule has 0 radical (unpaired) electrons. The molecular weight excluding hydrogens is 310 g/mol. The Hall–Kier alpha value is -1.84. The molecule has 1 heterocycles. The van der Waals surface area contributed by atoms with Crippen LogP contribution in [0, 0.1) is 13.8 Å². The van der Waals surface area contributed by atoms with Crippen molar-refractivity contribution in [1.29, 1.82) is 0 Å². The minimum atomic E-state index is 0.624. The monoisotopic (exact) mass is 339 g/mol. The fraction of sp³-hybridized carbons (Fsp3) is 0.455. The van der Waals surface area contributed by atoms with Crippen LogP contribution in [0.25, 0.3) is 0 Å². The van der Waals surface area contributed by atoms with Gasteiger partial charge in [-0.3, -0.25) is 4.90 Å².